The molecule has 3 heterocycles. The van der Waals surface area contributed by atoms with Gasteiger partial charge in [-0.3, -0.25) is 4.98 Å². The standard InChI is InChI=1S/C20H13F3N6/c1-12-3-2-8-25-18(12)13-9-17-16(10-24)28-19(29(17)26-11-13)27-15-6-4-14(5-7-15)20(21,22)23/h2-9,11H,1H3,(H,27,28). The van der Waals surface area contributed by atoms with Crippen molar-refractivity contribution >= 4 is 17.2 Å². The fraction of sp³-hybridized carbons (Fsp3) is 0.100. The Morgan fingerprint density at radius 1 is 1.14 bits per heavy atom. The second-order valence-electron chi connectivity index (χ2n) is 6.31. The smallest absolute Gasteiger partial charge is 0.324 e. The number of anilines is 2. The Morgan fingerprint density at radius 2 is 1.90 bits per heavy atom. The van der Waals surface area contributed by atoms with Crippen molar-refractivity contribution in [3.05, 3.63) is 71.7 Å². The number of halogens is 3. The first-order chi connectivity index (χ1) is 13.9. The third-order valence-corrected chi connectivity index (χ3v) is 4.35. The van der Waals surface area contributed by atoms with Gasteiger partial charge in [0, 0.05) is 17.4 Å². The molecule has 0 aliphatic heterocycles. The van der Waals surface area contributed by atoms with Crippen LogP contribution in [0.25, 0.3) is 16.8 Å². The van der Waals surface area contributed by atoms with Crippen molar-refractivity contribution in [2.45, 2.75) is 13.1 Å². The molecule has 0 unspecified atom stereocenters. The van der Waals surface area contributed by atoms with Crippen molar-refractivity contribution < 1.29 is 13.2 Å². The minimum Gasteiger partial charge on any atom is -0.324 e. The highest BCUT2D eigenvalue weighted by molar-refractivity contribution is 5.72. The molecule has 0 aliphatic carbocycles. The van der Waals surface area contributed by atoms with Crippen LogP contribution in [0.4, 0.5) is 24.8 Å². The van der Waals surface area contributed by atoms with E-state index >= 15 is 0 Å². The zero-order valence-corrected chi connectivity index (χ0v) is 15.1. The number of fused-ring (bicyclic) bond motifs is 1. The van der Waals surface area contributed by atoms with E-state index in [1.807, 2.05) is 25.1 Å². The van der Waals surface area contributed by atoms with Gasteiger partial charge in [0.2, 0.25) is 5.95 Å². The molecule has 0 aliphatic rings. The molecule has 6 nitrogen and oxygen atoms in total. The lowest BCUT2D eigenvalue weighted by atomic mass is 10.1. The average Bonchev–Trinajstić information content (AvgIpc) is 3.05. The van der Waals surface area contributed by atoms with Crippen molar-refractivity contribution in [2.75, 3.05) is 5.32 Å². The molecule has 4 aromatic rings. The lowest BCUT2D eigenvalue weighted by Crippen LogP contribution is -2.05. The Labute approximate surface area is 163 Å². The van der Waals surface area contributed by atoms with Gasteiger partial charge in [0.1, 0.15) is 11.6 Å². The van der Waals surface area contributed by atoms with E-state index in [1.54, 1.807) is 18.5 Å². The molecule has 0 saturated carbocycles. The first kappa shape index (κ1) is 18.4. The summed E-state index contributed by atoms with van der Waals surface area (Å²) in [4.78, 5) is 8.57. The van der Waals surface area contributed by atoms with Gasteiger partial charge in [-0.15, -0.1) is 0 Å². The van der Waals surface area contributed by atoms with Gasteiger partial charge >= 0.3 is 6.18 Å². The number of hydrogen-bond acceptors (Lipinski definition) is 5. The number of imidazole rings is 1. The summed E-state index contributed by atoms with van der Waals surface area (Å²) in [5.41, 5.74) is 2.67. The number of nitrogens with one attached hydrogen (secondary N) is 1. The highest BCUT2D eigenvalue weighted by Crippen LogP contribution is 2.31. The van der Waals surface area contributed by atoms with Crippen LogP contribution in [0.2, 0.25) is 0 Å². The van der Waals surface area contributed by atoms with Crippen molar-refractivity contribution in [2.24, 2.45) is 0 Å². The third-order valence-electron chi connectivity index (χ3n) is 4.35. The molecule has 4 rings (SSSR count). The molecule has 0 bridgehead atoms. The van der Waals surface area contributed by atoms with E-state index in [0.29, 0.717) is 11.2 Å². The largest absolute Gasteiger partial charge is 0.416 e. The van der Waals surface area contributed by atoms with Crippen molar-refractivity contribution in [3.8, 4) is 17.3 Å². The van der Waals surface area contributed by atoms with Gasteiger partial charge in [-0.05, 0) is 48.9 Å². The Morgan fingerprint density at radius 3 is 2.55 bits per heavy atom. The highest BCUT2D eigenvalue weighted by Gasteiger charge is 2.30. The monoisotopic (exact) mass is 394 g/mol. The third kappa shape index (κ3) is 3.48. The average molecular weight is 394 g/mol. The Balaban J connectivity index is 1.73. The van der Waals surface area contributed by atoms with E-state index in [1.165, 1.54) is 16.6 Å². The number of hydrogen-bond donors (Lipinski definition) is 1. The van der Waals surface area contributed by atoms with Crippen molar-refractivity contribution in [1.29, 1.82) is 5.26 Å². The maximum absolute atomic E-state index is 12.7. The molecule has 0 atom stereocenters. The quantitative estimate of drug-likeness (QED) is 0.543. The second kappa shape index (κ2) is 6.91. The Hall–Kier alpha value is -3.93. The first-order valence-electron chi connectivity index (χ1n) is 8.52. The Bertz CT molecular complexity index is 1240. The lowest BCUT2D eigenvalue weighted by Gasteiger charge is -2.09. The van der Waals surface area contributed by atoms with Crippen LogP contribution in [0, 0.1) is 18.3 Å². The number of rotatable bonds is 3. The number of nitrogens with zero attached hydrogens (tertiary/aromatic N) is 5. The molecule has 144 valence electrons. The summed E-state index contributed by atoms with van der Waals surface area (Å²) < 4.78 is 39.6. The molecule has 0 radical (unpaired) electrons. The summed E-state index contributed by atoms with van der Waals surface area (Å²) in [6.07, 6.45) is -1.14. The van der Waals surface area contributed by atoms with Crippen LogP contribution >= 0.6 is 0 Å². The summed E-state index contributed by atoms with van der Waals surface area (Å²) in [6, 6.07) is 12.1. The summed E-state index contributed by atoms with van der Waals surface area (Å²) >= 11 is 0. The second-order valence-corrected chi connectivity index (χ2v) is 6.31. The number of benzene rings is 1. The van der Waals surface area contributed by atoms with Gasteiger partial charge in [0.25, 0.3) is 0 Å². The van der Waals surface area contributed by atoms with Gasteiger partial charge < -0.3 is 5.32 Å². The maximum atomic E-state index is 12.7. The molecular weight excluding hydrogens is 381 g/mol. The SMILES string of the molecule is Cc1cccnc1-c1cnn2c(Nc3ccc(C(F)(F)F)cc3)nc(C#N)c2c1. The molecule has 1 aromatic carbocycles. The molecule has 0 spiro atoms. The molecular formula is C20H13F3N6. The molecule has 0 fully saturated rings. The Kier molecular flexibility index (Phi) is 4.39. The van der Waals surface area contributed by atoms with Gasteiger partial charge in [0.05, 0.1) is 17.5 Å². The number of alkyl halides is 3. The normalized spacial score (nSPS) is 11.4. The van der Waals surface area contributed by atoms with Crippen LogP contribution in [0.1, 0.15) is 16.8 Å². The van der Waals surface area contributed by atoms with Crippen LogP contribution in [-0.2, 0) is 6.18 Å². The van der Waals surface area contributed by atoms with E-state index in [0.717, 1.165) is 29.0 Å². The zero-order valence-electron chi connectivity index (χ0n) is 15.1. The maximum Gasteiger partial charge on any atom is 0.416 e. The zero-order chi connectivity index (χ0) is 20.6. The molecule has 0 saturated heterocycles. The van der Waals surface area contributed by atoms with Crippen molar-refractivity contribution in [1.82, 2.24) is 19.6 Å². The number of pyridine rings is 1. The van der Waals surface area contributed by atoms with Crippen LogP contribution in [0.15, 0.2) is 54.9 Å². The molecule has 3 aromatic heterocycles. The topological polar surface area (TPSA) is 78.9 Å². The summed E-state index contributed by atoms with van der Waals surface area (Å²) in [5, 5.41) is 16.7. The summed E-state index contributed by atoms with van der Waals surface area (Å²) in [6.45, 7) is 1.92. The number of aryl methyl sites for hydroxylation is 1. The molecule has 1 N–H and O–H groups in total. The van der Waals surface area contributed by atoms with Gasteiger partial charge in [-0.2, -0.15) is 33.0 Å². The minimum atomic E-state index is -4.41. The van der Waals surface area contributed by atoms with Gasteiger partial charge in [-0.25, -0.2) is 0 Å². The molecule has 9 heteroatoms. The lowest BCUT2D eigenvalue weighted by molar-refractivity contribution is -0.137. The molecule has 29 heavy (non-hydrogen) atoms. The predicted molar refractivity (Wildman–Crippen MR) is 100 cm³/mol. The van der Waals surface area contributed by atoms with Crippen LogP contribution in [0.3, 0.4) is 0 Å². The first-order valence-corrected chi connectivity index (χ1v) is 8.52. The van der Waals surface area contributed by atoms with Crippen molar-refractivity contribution in [3.63, 3.8) is 0 Å². The fourth-order valence-electron chi connectivity index (χ4n) is 2.93. The predicted octanol–water partition coefficient (Wildman–Crippen LogP) is 4.73. The van der Waals surface area contributed by atoms with E-state index < -0.39 is 11.7 Å². The minimum absolute atomic E-state index is 0.141. The molecule has 0 amide bonds. The van der Waals surface area contributed by atoms with Gasteiger partial charge in [0.15, 0.2) is 5.69 Å². The summed E-state index contributed by atoms with van der Waals surface area (Å²) in [5.74, 6) is 0.223. The van der Waals surface area contributed by atoms with E-state index in [2.05, 4.69) is 20.4 Å². The van der Waals surface area contributed by atoms with Crippen LogP contribution in [0.5, 0.6) is 0 Å². The highest BCUT2D eigenvalue weighted by atomic mass is 19.4. The van der Waals surface area contributed by atoms with E-state index in [4.69, 9.17) is 0 Å². The van der Waals surface area contributed by atoms with E-state index in [9.17, 15) is 18.4 Å². The summed E-state index contributed by atoms with van der Waals surface area (Å²) in [7, 11) is 0. The van der Waals surface area contributed by atoms with Gasteiger partial charge in [-0.1, -0.05) is 6.07 Å². The van der Waals surface area contributed by atoms with E-state index in [-0.39, 0.29) is 11.6 Å². The van der Waals surface area contributed by atoms with Crippen LogP contribution < -0.4 is 5.32 Å². The van der Waals surface area contributed by atoms with Crippen LogP contribution in [-0.4, -0.2) is 19.6 Å². The number of nitriles is 1. The number of aromatic nitrogens is 4. The fourth-order valence-corrected chi connectivity index (χ4v) is 2.93.